The van der Waals surface area contributed by atoms with Crippen LogP contribution >= 0.6 is 0 Å². The molecular weight excluding hydrogens is 166 g/mol. The van der Waals surface area contributed by atoms with Crippen molar-refractivity contribution in [1.82, 2.24) is 5.32 Å². The van der Waals surface area contributed by atoms with Crippen LogP contribution in [-0.4, -0.2) is 44.2 Å². The second kappa shape index (κ2) is 3.51. The van der Waals surface area contributed by atoms with Crippen LogP contribution in [0.4, 0.5) is 0 Å². The first-order valence-corrected chi connectivity index (χ1v) is 5.51. The number of nitrogens with one attached hydrogen (secondary N) is 1. The highest BCUT2D eigenvalue weighted by Gasteiger charge is 2.23. The molecule has 0 aliphatic carbocycles. The van der Waals surface area contributed by atoms with E-state index in [9.17, 15) is 8.42 Å². The zero-order valence-electron chi connectivity index (χ0n) is 6.28. The third-order valence-electron chi connectivity index (χ3n) is 1.78. The van der Waals surface area contributed by atoms with Gasteiger partial charge in [-0.05, 0) is 6.42 Å². The summed E-state index contributed by atoms with van der Waals surface area (Å²) in [6, 6.07) is -0.0428. The summed E-state index contributed by atoms with van der Waals surface area (Å²) in [5.41, 5.74) is 0. The molecule has 0 aromatic heterocycles. The molecule has 1 rings (SSSR count). The van der Waals surface area contributed by atoms with E-state index in [1.54, 1.807) is 0 Å². The fourth-order valence-corrected chi connectivity index (χ4v) is 2.70. The van der Waals surface area contributed by atoms with E-state index in [4.69, 9.17) is 5.11 Å². The Bertz CT molecular complexity index is 210. The fourth-order valence-electron chi connectivity index (χ4n) is 1.21. The number of rotatable bonds is 2. The van der Waals surface area contributed by atoms with Crippen molar-refractivity contribution < 1.29 is 13.5 Å². The first-order chi connectivity index (χ1) is 5.14. The average molecular weight is 179 g/mol. The lowest BCUT2D eigenvalue weighted by atomic mass is 10.2. The minimum atomic E-state index is -2.83. The molecule has 5 heteroatoms. The fraction of sp³-hybridized carbons (Fsp3) is 1.00. The van der Waals surface area contributed by atoms with Gasteiger partial charge in [0.05, 0.1) is 11.5 Å². The second-order valence-electron chi connectivity index (χ2n) is 2.78. The molecule has 1 aliphatic heterocycles. The van der Waals surface area contributed by atoms with Crippen LogP contribution < -0.4 is 5.32 Å². The Morgan fingerprint density at radius 2 is 2.27 bits per heavy atom. The molecule has 1 aliphatic rings. The van der Waals surface area contributed by atoms with Gasteiger partial charge in [0.25, 0.3) is 0 Å². The number of hydrogen-bond acceptors (Lipinski definition) is 4. The summed E-state index contributed by atoms with van der Waals surface area (Å²) in [5.74, 6) is 0.405. The monoisotopic (exact) mass is 179 g/mol. The normalized spacial score (nSPS) is 30.1. The van der Waals surface area contributed by atoms with Crippen LogP contribution in [-0.2, 0) is 9.84 Å². The van der Waals surface area contributed by atoms with Crippen molar-refractivity contribution in [1.29, 1.82) is 0 Å². The maximum atomic E-state index is 11.0. The topological polar surface area (TPSA) is 66.4 Å². The highest BCUT2D eigenvalue weighted by molar-refractivity contribution is 7.91. The van der Waals surface area contributed by atoms with Crippen molar-refractivity contribution in [3.05, 3.63) is 0 Å². The smallest absolute Gasteiger partial charge is 0.153 e. The van der Waals surface area contributed by atoms with E-state index in [0.717, 1.165) is 0 Å². The van der Waals surface area contributed by atoms with Gasteiger partial charge >= 0.3 is 0 Å². The summed E-state index contributed by atoms with van der Waals surface area (Å²) in [4.78, 5) is 0. The lowest BCUT2D eigenvalue weighted by Crippen LogP contribution is -2.45. The van der Waals surface area contributed by atoms with E-state index in [0.29, 0.717) is 13.0 Å². The van der Waals surface area contributed by atoms with Gasteiger partial charge in [0.1, 0.15) is 0 Å². The molecule has 0 radical (unpaired) electrons. The molecule has 0 aromatic rings. The molecule has 1 fully saturated rings. The van der Waals surface area contributed by atoms with Gasteiger partial charge in [-0.3, -0.25) is 0 Å². The van der Waals surface area contributed by atoms with Crippen molar-refractivity contribution >= 4 is 9.84 Å². The first-order valence-electron chi connectivity index (χ1n) is 3.69. The molecular formula is C6H13NO3S. The highest BCUT2D eigenvalue weighted by Crippen LogP contribution is 2.03. The second-order valence-corrected chi connectivity index (χ2v) is 5.01. The number of aliphatic hydroxyl groups is 1. The average Bonchev–Trinajstić information content (AvgIpc) is 1.85. The Kier molecular flexibility index (Phi) is 2.86. The summed E-state index contributed by atoms with van der Waals surface area (Å²) in [6.45, 7) is 0.570. The van der Waals surface area contributed by atoms with Gasteiger partial charge in [-0.15, -0.1) is 0 Å². The van der Waals surface area contributed by atoms with Crippen LogP contribution in [0, 0.1) is 0 Å². The van der Waals surface area contributed by atoms with Crippen LogP contribution in [0.15, 0.2) is 0 Å². The summed E-state index contributed by atoms with van der Waals surface area (Å²) in [7, 11) is -2.83. The summed E-state index contributed by atoms with van der Waals surface area (Å²) in [5, 5.41) is 11.6. The van der Waals surface area contributed by atoms with Gasteiger partial charge in [-0.25, -0.2) is 8.42 Å². The van der Waals surface area contributed by atoms with E-state index in [1.165, 1.54) is 0 Å². The maximum Gasteiger partial charge on any atom is 0.153 e. The van der Waals surface area contributed by atoms with E-state index < -0.39 is 9.84 Å². The standard InChI is InChI=1S/C6H13NO3S/c8-3-1-6-5-11(9,10)4-2-7-6/h6-8H,1-5H2/t6-/m1/s1. The molecule has 1 atom stereocenters. The Labute approximate surface area is 66.5 Å². The molecule has 11 heavy (non-hydrogen) atoms. The van der Waals surface area contributed by atoms with E-state index in [1.807, 2.05) is 0 Å². The summed E-state index contributed by atoms with van der Waals surface area (Å²) < 4.78 is 22.0. The zero-order chi connectivity index (χ0) is 8.32. The Balaban J connectivity index is 2.47. The van der Waals surface area contributed by atoms with Crippen LogP contribution in [0.2, 0.25) is 0 Å². The largest absolute Gasteiger partial charge is 0.396 e. The van der Waals surface area contributed by atoms with Crippen LogP contribution in [0.25, 0.3) is 0 Å². The molecule has 2 N–H and O–H groups in total. The number of sulfone groups is 1. The lowest BCUT2D eigenvalue weighted by molar-refractivity contribution is 0.269. The molecule has 1 heterocycles. The van der Waals surface area contributed by atoms with Gasteiger partial charge in [0.15, 0.2) is 9.84 Å². The quantitative estimate of drug-likeness (QED) is 0.556. The van der Waals surface area contributed by atoms with Crippen LogP contribution in [0.5, 0.6) is 0 Å². The Hall–Kier alpha value is -0.130. The minimum absolute atomic E-state index is 0.0428. The van der Waals surface area contributed by atoms with E-state index in [2.05, 4.69) is 5.32 Å². The third-order valence-corrected chi connectivity index (χ3v) is 3.52. The lowest BCUT2D eigenvalue weighted by Gasteiger charge is -2.22. The van der Waals surface area contributed by atoms with Crippen molar-refractivity contribution in [2.45, 2.75) is 12.5 Å². The molecule has 0 spiro atoms. The van der Waals surface area contributed by atoms with Gasteiger partial charge in [-0.1, -0.05) is 0 Å². The molecule has 0 bridgehead atoms. The predicted molar refractivity (Wildman–Crippen MR) is 42.1 cm³/mol. The van der Waals surface area contributed by atoms with E-state index in [-0.39, 0.29) is 24.2 Å². The summed E-state index contributed by atoms with van der Waals surface area (Å²) in [6.07, 6.45) is 0.527. The predicted octanol–water partition coefficient (Wildman–Crippen LogP) is -1.24. The van der Waals surface area contributed by atoms with Gasteiger partial charge in [-0.2, -0.15) is 0 Å². The van der Waals surface area contributed by atoms with Gasteiger partial charge in [0, 0.05) is 19.2 Å². The van der Waals surface area contributed by atoms with E-state index >= 15 is 0 Å². The number of aliphatic hydroxyl groups excluding tert-OH is 1. The van der Waals surface area contributed by atoms with Crippen LogP contribution in [0.1, 0.15) is 6.42 Å². The van der Waals surface area contributed by atoms with Crippen molar-refractivity contribution in [2.75, 3.05) is 24.7 Å². The molecule has 0 unspecified atom stereocenters. The number of hydrogen-bond donors (Lipinski definition) is 2. The Morgan fingerprint density at radius 1 is 1.55 bits per heavy atom. The SMILES string of the molecule is O=S1(=O)CCN[C@H](CCO)C1. The molecule has 0 amide bonds. The van der Waals surface area contributed by atoms with Gasteiger partial charge in [0.2, 0.25) is 0 Å². The minimum Gasteiger partial charge on any atom is -0.396 e. The maximum absolute atomic E-state index is 11.0. The molecule has 0 saturated carbocycles. The third kappa shape index (κ3) is 2.76. The van der Waals surface area contributed by atoms with Crippen molar-refractivity contribution in [3.63, 3.8) is 0 Å². The van der Waals surface area contributed by atoms with Gasteiger partial charge < -0.3 is 10.4 Å². The van der Waals surface area contributed by atoms with Crippen molar-refractivity contribution in [2.24, 2.45) is 0 Å². The first kappa shape index (κ1) is 8.96. The highest BCUT2D eigenvalue weighted by atomic mass is 32.2. The Morgan fingerprint density at radius 3 is 2.82 bits per heavy atom. The summed E-state index contributed by atoms with van der Waals surface area (Å²) >= 11 is 0. The van der Waals surface area contributed by atoms with Crippen molar-refractivity contribution in [3.8, 4) is 0 Å². The zero-order valence-corrected chi connectivity index (χ0v) is 7.10. The molecule has 4 nitrogen and oxygen atoms in total. The molecule has 0 aromatic carbocycles. The molecule has 66 valence electrons. The van der Waals surface area contributed by atoms with Crippen LogP contribution in [0.3, 0.4) is 0 Å². The molecule has 1 saturated heterocycles.